The first kappa shape index (κ1) is 12.0. The van der Waals surface area contributed by atoms with Gasteiger partial charge in [-0.05, 0) is 51.2 Å². The van der Waals surface area contributed by atoms with Crippen molar-refractivity contribution >= 4 is 5.82 Å². The van der Waals surface area contributed by atoms with Gasteiger partial charge in [-0.15, -0.1) is 0 Å². The van der Waals surface area contributed by atoms with E-state index in [0.29, 0.717) is 6.04 Å². The molecule has 0 aromatic carbocycles. The molecule has 2 fully saturated rings. The highest BCUT2D eigenvalue weighted by Crippen LogP contribution is 2.32. The van der Waals surface area contributed by atoms with E-state index in [1.54, 1.807) is 0 Å². The van der Waals surface area contributed by atoms with Gasteiger partial charge in [0.15, 0.2) is 0 Å². The number of hydrogen-bond acceptors (Lipinski definition) is 3. The molecule has 2 bridgehead atoms. The normalized spacial score (nSPS) is 30.4. The minimum atomic E-state index is 0.669. The first-order valence-corrected chi connectivity index (χ1v) is 7.22. The third-order valence-corrected chi connectivity index (χ3v) is 4.48. The summed E-state index contributed by atoms with van der Waals surface area (Å²) in [6.07, 6.45) is 7.20. The molecule has 1 aromatic rings. The summed E-state index contributed by atoms with van der Waals surface area (Å²) in [5.74, 6) is 1.19. The Morgan fingerprint density at radius 2 is 2.06 bits per heavy atom. The predicted octanol–water partition coefficient (Wildman–Crippen LogP) is 2.50. The number of rotatable bonds is 3. The molecule has 1 N–H and O–H groups in total. The number of aryl methyl sites for hydroxylation is 1. The molecule has 2 saturated heterocycles. The standard InChI is InChI=1S/C15H23N3/c1-3-18(15-11(2)5-4-8-16-15)14-9-12-6-7-13(10-14)17-12/h4-5,8,12-14,17H,3,6-7,9-10H2,1-2H3. The molecule has 3 rings (SSSR count). The third-order valence-electron chi connectivity index (χ3n) is 4.48. The summed E-state index contributed by atoms with van der Waals surface area (Å²) < 4.78 is 0. The highest BCUT2D eigenvalue weighted by molar-refractivity contribution is 5.47. The van der Waals surface area contributed by atoms with Gasteiger partial charge in [-0.2, -0.15) is 0 Å². The van der Waals surface area contributed by atoms with E-state index < -0.39 is 0 Å². The van der Waals surface area contributed by atoms with E-state index in [-0.39, 0.29) is 0 Å². The molecular formula is C15H23N3. The zero-order chi connectivity index (χ0) is 12.5. The van der Waals surface area contributed by atoms with Crippen LogP contribution in [0.25, 0.3) is 0 Å². The second kappa shape index (κ2) is 4.88. The lowest BCUT2D eigenvalue weighted by molar-refractivity contribution is 0.347. The van der Waals surface area contributed by atoms with Gasteiger partial charge in [-0.25, -0.2) is 4.98 Å². The monoisotopic (exact) mass is 245 g/mol. The molecule has 0 spiro atoms. The molecule has 0 amide bonds. The summed E-state index contributed by atoms with van der Waals surface area (Å²) in [4.78, 5) is 7.12. The van der Waals surface area contributed by atoms with Crippen LogP contribution in [0.1, 0.15) is 38.2 Å². The Morgan fingerprint density at radius 3 is 2.67 bits per heavy atom. The van der Waals surface area contributed by atoms with Crippen LogP contribution in [0.4, 0.5) is 5.82 Å². The molecule has 3 heterocycles. The third kappa shape index (κ3) is 2.12. The highest BCUT2D eigenvalue weighted by atomic mass is 15.2. The van der Waals surface area contributed by atoms with E-state index in [2.05, 4.69) is 35.1 Å². The lowest BCUT2D eigenvalue weighted by Gasteiger charge is -2.38. The van der Waals surface area contributed by atoms with Gasteiger partial charge in [0.05, 0.1) is 0 Å². The van der Waals surface area contributed by atoms with E-state index in [1.807, 2.05) is 12.3 Å². The van der Waals surface area contributed by atoms with Crippen molar-refractivity contribution in [3.05, 3.63) is 23.9 Å². The zero-order valence-electron chi connectivity index (χ0n) is 11.4. The Balaban J connectivity index is 1.82. The number of nitrogens with one attached hydrogen (secondary N) is 1. The van der Waals surface area contributed by atoms with Crippen LogP contribution in [0.15, 0.2) is 18.3 Å². The number of fused-ring (bicyclic) bond motifs is 2. The Labute approximate surface area is 110 Å². The van der Waals surface area contributed by atoms with Crippen LogP contribution < -0.4 is 10.2 Å². The molecule has 3 nitrogen and oxygen atoms in total. The first-order chi connectivity index (χ1) is 8.78. The van der Waals surface area contributed by atoms with Crippen molar-refractivity contribution in [3.63, 3.8) is 0 Å². The number of pyridine rings is 1. The average molecular weight is 245 g/mol. The summed E-state index contributed by atoms with van der Waals surface area (Å²) in [6, 6.07) is 6.35. The molecule has 18 heavy (non-hydrogen) atoms. The number of piperidine rings is 1. The molecule has 3 heteroatoms. The smallest absolute Gasteiger partial charge is 0.131 e. The van der Waals surface area contributed by atoms with Gasteiger partial charge >= 0.3 is 0 Å². The topological polar surface area (TPSA) is 28.2 Å². The summed E-state index contributed by atoms with van der Waals surface area (Å²) in [6.45, 7) is 5.47. The van der Waals surface area contributed by atoms with Crippen LogP contribution in [-0.2, 0) is 0 Å². The number of aromatic nitrogens is 1. The van der Waals surface area contributed by atoms with E-state index in [4.69, 9.17) is 0 Å². The fraction of sp³-hybridized carbons (Fsp3) is 0.667. The lowest BCUT2D eigenvalue weighted by Crippen LogP contribution is -2.48. The van der Waals surface area contributed by atoms with Crippen LogP contribution in [-0.4, -0.2) is 29.7 Å². The second-order valence-corrected chi connectivity index (χ2v) is 5.69. The molecule has 2 aliphatic rings. The molecule has 2 unspecified atom stereocenters. The van der Waals surface area contributed by atoms with Crippen molar-refractivity contribution in [2.75, 3.05) is 11.4 Å². The van der Waals surface area contributed by atoms with Gasteiger partial charge in [-0.1, -0.05) is 6.07 Å². The summed E-state index contributed by atoms with van der Waals surface area (Å²) in [5, 5.41) is 3.72. The fourth-order valence-corrected chi connectivity index (χ4v) is 3.64. The quantitative estimate of drug-likeness (QED) is 0.887. The van der Waals surface area contributed by atoms with Gasteiger partial charge in [-0.3, -0.25) is 0 Å². The molecule has 98 valence electrons. The molecule has 0 aliphatic carbocycles. The maximum Gasteiger partial charge on any atom is 0.131 e. The van der Waals surface area contributed by atoms with Crippen molar-refractivity contribution in [1.82, 2.24) is 10.3 Å². The van der Waals surface area contributed by atoms with E-state index in [9.17, 15) is 0 Å². The zero-order valence-corrected chi connectivity index (χ0v) is 11.4. The van der Waals surface area contributed by atoms with E-state index in [0.717, 1.165) is 18.6 Å². The van der Waals surface area contributed by atoms with Gasteiger partial charge in [0.25, 0.3) is 0 Å². The maximum absolute atomic E-state index is 4.60. The minimum Gasteiger partial charge on any atom is -0.354 e. The molecule has 0 radical (unpaired) electrons. The van der Waals surface area contributed by atoms with Gasteiger partial charge in [0.1, 0.15) is 5.82 Å². The summed E-state index contributed by atoms with van der Waals surface area (Å²) in [5.41, 5.74) is 1.30. The molecule has 1 aromatic heterocycles. The largest absolute Gasteiger partial charge is 0.354 e. The SMILES string of the molecule is CCN(c1ncccc1C)C1CC2CCC(C1)N2. The minimum absolute atomic E-state index is 0.669. The van der Waals surface area contributed by atoms with Crippen molar-refractivity contribution in [2.24, 2.45) is 0 Å². The number of anilines is 1. The molecule has 0 saturated carbocycles. The average Bonchev–Trinajstić information content (AvgIpc) is 2.72. The van der Waals surface area contributed by atoms with Crippen molar-refractivity contribution in [1.29, 1.82) is 0 Å². The van der Waals surface area contributed by atoms with Crippen LogP contribution in [0.2, 0.25) is 0 Å². The van der Waals surface area contributed by atoms with Crippen LogP contribution >= 0.6 is 0 Å². The van der Waals surface area contributed by atoms with Gasteiger partial charge < -0.3 is 10.2 Å². The fourth-order valence-electron chi connectivity index (χ4n) is 3.64. The highest BCUT2D eigenvalue weighted by Gasteiger charge is 2.36. The van der Waals surface area contributed by atoms with Gasteiger partial charge in [0, 0.05) is 30.9 Å². The van der Waals surface area contributed by atoms with Crippen LogP contribution in [0.5, 0.6) is 0 Å². The van der Waals surface area contributed by atoms with E-state index in [1.165, 1.54) is 37.1 Å². The van der Waals surface area contributed by atoms with Crippen LogP contribution in [0.3, 0.4) is 0 Å². The van der Waals surface area contributed by atoms with Crippen molar-refractivity contribution in [2.45, 2.75) is 57.7 Å². The number of hydrogen-bond donors (Lipinski definition) is 1. The lowest BCUT2D eigenvalue weighted by atomic mass is 9.97. The maximum atomic E-state index is 4.60. The first-order valence-electron chi connectivity index (χ1n) is 7.22. The molecule has 2 aliphatic heterocycles. The second-order valence-electron chi connectivity index (χ2n) is 5.69. The predicted molar refractivity (Wildman–Crippen MR) is 75.0 cm³/mol. The van der Waals surface area contributed by atoms with Crippen LogP contribution in [0, 0.1) is 6.92 Å². The Morgan fingerprint density at radius 1 is 1.33 bits per heavy atom. The molecular weight excluding hydrogens is 222 g/mol. The Bertz CT molecular complexity index is 406. The summed E-state index contributed by atoms with van der Waals surface area (Å²) in [7, 11) is 0. The summed E-state index contributed by atoms with van der Waals surface area (Å²) >= 11 is 0. The Kier molecular flexibility index (Phi) is 3.25. The number of nitrogens with zero attached hydrogens (tertiary/aromatic N) is 2. The Hall–Kier alpha value is -1.09. The van der Waals surface area contributed by atoms with Gasteiger partial charge in [0.2, 0.25) is 0 Å². The van der Waals surface area contributed by atoms with Crippen molar-refractivity contribution in [3.8, 4) is 0 Å². The van der Waals surface area contributed by atoms with Crippen molar-refractivity contribution < 1.29 is 0 Å². The van der Waals surface area contributed by atoms with E-state index >= 15 is 0 Å². The molecule has 2 atom stereocenters.